The molecule has 84 valence electrons. The third-order valence-electron chi connectivity index (χ3n) is 2.46. The normalized spacial score (nSPS) is 10.6. The summed E-state index contributed by atoms with van der Waals surface area (Å²) in [4.78, 5) is 10.6. The molecule has 0 spiro atoms. The lowest BCUT2D eigenvalue weighted by Gasteiger charge is -2.01. The van der Waals surface area contributed by atoms with E-state index in [-0.39, 0.29) is 0 Å². The molecule has 1 amide bonds. The van der Waals surface area contributed by atoms with Crippen molar-refractivity contribution in [2.24, 2.45) is 5.73 Å². The van der Waals surface area contributed by atoms with Crippen LogP contribution in [0.25, 0.3) is 17.2 Å². The third kappa shape index (κ3) is 3.05. The molecule has 0 aromatic heterocycles. The fourth-order valence-corrected chi connectivity index (χ4v) is 1.60. The lowest BCUT2D eigenvalue weighted by atomic mass is 10.0. The van der Waals surface area contributed by atoms with Crippen molar-refractivity contribution in [3.05, 3.63) is 66.2 Å². The Balaban J connectivity index is 2.22. The summed E-state index contributed by atoms with van der Waals surface area (Å²) in [5.41, 5.74) is 8.33. The van der Waals surface area contributed by atoms with E-state index in [1.807, 2.05) is 42.5 Å². The summed E-state index contributed by atoms with van der Waals surface area (Å²) < 4.78 is 0. The molecular weight excluding hydrogens is 210 g/mol. The first-order chi connectivity index (χ1) is 8.25. The quantitative estimate of drug-likeness (QED) is 0.799. The molecule has 2 N–H and O–H groups in total. The van der Waals surface area contributed by atoms with Gasteiger partial charge in [-0.3, -0.25) is 4.79 Å². The highest BCUT2D eigenvalue weighted by Crippen LogP contribution is 2.19. The Labute approximate surface area is 100 Å². The zero-order chi connectivity index (χ0) is 12.1. The smallest absolute Gasteiger partial charge is 0.241 e. The van der Waals surface area contributed by atoms with Crippen molar-refractivity contribution in [1.82, 2.24) is 0 Å². The van der Waals surface area contributed by atoms with Gasteiger partial charge in [-0.15, -0.1) is 0 Å². The summed E-state index contributed by atoms with van der Waals surface area (Å²) in [6.07, 6.45) is 3.06. The van der Waals surface area contributed by atoms with Crippen LogP contribution in [0, 0.1) is 0 Å². The highest BCUT2D eigenvalue weighted by atomic mass is 16.1. The lowest BCUT2D eigenvalue weighted by molar-refractivity contribution is -0.113. The van der Waals surface area contributed by atoms with E-state index in [1.165, 1.54) is 11.6 Å². The van der Waals surface area contributed by atoms with Gasteiger partial charge < -0.3 is 5.73 Å². The van der Waals surface area contributed by atoms with Gasteiger partial charge in [-0.1, -0.05) is 54.6 Å². The van der Waals surface area contributed by atoms with E-state index in [2.05, 4.69) is 12.1 Å². The largest absolute Gasteiger partial charge is 0.366 e. The van der Waals surface area contributed by atoms with E-state index in [1.54, 1.807) is 6.08 Å². The second-order valence-corrected chi connectivity index (χ2v) is 3.72. The predicted molar refractivity (Wildman–Crippen MR) is 70.1 cm³/mol. The fourth-order valence-electron chi connectivity index (χ4n) is 1.60. The number of nitrogens with two attached hydrogens (primary N) is 1. The molecule has 0 aliphatic rings. The van der Waals surface area contributed by atoms with Gasteiger partial charge in [-0.2, -0.15) is 0 Å². The number of amides is 1. The van der Waals surface area contributed by atoms with E-state index in [4.69, 9.17) is 5.73 Å². The van der Waals surface area contributed by atoms with E-state index < -0.39 is 5.91 Å². The minimum absolute atomic E-state index is 0.433. The number of carbonyl (C=O) groups is 1. The maximum Gasteiger partial charge on any atom is 0.241 e. The molecule has 2 aromatic rings. The molecule has 0 unspecified atom stereocenters. The highest BCUT2D eigenvalue weighted by molar-refractivity contribution is 5.90. The van der Waals surface area contributed by atoms with Gasteiger partial charge in [0.15, 0.2) is 0 Å². The first-order valence-electron chi connectivity index (χ1n) is 5.39. The second-order valence-electron chi connectivity index (χ2n) is 3.72. The van der Waals surface area contributed by atoms with E-state index >= 15 is 0 Å². The van der Waals surface area contributed by atoms with Crippen molar-refractivity contribution in [2.45, 2.75) is 0 Å². The molecule has 0 aliphatic heterocycles. The van der Waals surface area contributed by atoms with Gasteiger partial charge in [0.25, 0.3) is 0 Å². The maximum atomic E-state index is 10.6. The van der Waals surface area contributed by atoms with Crippen LogP contribution in [0.2, 0.25) is 0 Å². The zero-order valence-corrected chi connectivity index (χ0v) is 9.34. The van der Waals surface area contributed by atoms with Crippen LogP contribution in [0.3, 0.4) is 0 Å². The van der Waals surface area contributed by atoms with Gasteiger partial charge in [0.2, 0.25) is 5.91 Å². The maximum absolute atomic E-state index is 10.6. The molecule has 0 radical (unpaired) electrons. The van der Waals surface area contributed by atoms with Gasteiger partial charge in [-0.05, 0) is 22.8 Å². The molecule has 0 atom stereocenters. The number of hydrogen-bond acceptors (Lipinski definition) is 1. The second kappa shape index (κ2) is 5.12. The molecule has 0 heterocycles. The molecule has 17 heavy (non-hydrogen) atoms. The van der Waals surface area contributed by atoms with Crippen LogP contribution in [0.5, 0.6) is 0 Å². The molecule has 0 saturated heterocycles. The van der Waals surface area contributed by atoms with Gasteiger partial charge in [0.1, 0.15) is 0 Å². The molecule has 2 heteroatoms. The summed E-state index contributed by atoms with van der Waals surface area (Å²) in [6.45, 7) is 0. The van der Waals surface area contributed by atoms with Crippen LogP contribution < -0.4 is 5.73 Å². The van der Waals surface area contributed by atoms with E-state index in [0.29, 0.717) is 0 Å². The average Bonchev–Trinajstić information content (AvgIpc) is 2.38. The summed E-state index contributed by atoms with van der Waals surface area (Å²) >= 11 is 0. The number of carbonyl (C=O) groups excluding carboxylic acids is 1. The monoisotopic (exact) mass is 223 g/mol. The zero-order valence-electron chi connectivity index (χ0n) is 9.34. The summed E-state index contributed by atoms with van der Waals surface area (Å²) in [7, 11) is 0. The molecule has 0 saturated carbocycles. The number of rotatable bonds is 3. The van der Waals surface area contributed by atoms with Crippen molar-refractivity contribution in [1.29, 1.82) is 0 Å². The fraction of sp³-hybridized carbons (Fsp3) is 0. The van der Waals surface area contributed by atoms with E-state index in [0.717, 1.165) is 11.1 Å². The van der Waals surface area contributed by atoms with Gasteiger partial charge in [0.05, 0.1) is 0 Å². The van der Waals surface area contributed by atoms with Gasteiger partial charge in [-0.25, -0.2) is 0 Å². The van der Waals surface area contributed by atoms with Crippen LogP contribution in [0.1, 0.15) is 5.56 Å². The van der Waals surface area contributed by atoms with Crippen LogP contribution in [0.15, 0.2) is 60.7 Å². The van der Waals surface area contributed by atoms with Gasteiger partial charge >= 0.3 is 0 Å². The van der Waals surface area contributed by atoms with Crippen LogP contribution in [-0.4, -0.2) is 5.91 Å². The van der Waals surface area contributed by atoms with E-state index in [9.17, 15) is 4.79 Å². The molecule has 2 rings (SSSR count). The van der Waals surface area contributed by atoms with Crippen LogP contribution in [0.4, 0.5) is 0 Å². The summed E-state index contributed by atoms with van der Waals surface area (Å²) in [5.74, 6) is -0.433. The molecule has 0 bridgehead atoms. The third-order valence-corrected chi connectivity index (χ3v) is 2.46. The summed E-state index contributed by atoms with van der Waals surface area (Å²) in [6, 6.07) is 18.1. The lowest BCUT2D eigenvalue weighted by Crippen LogP contribution is -2.04. The topological polar surface area (TPSA) is 43.1 Å². The Morgan fingerprint density at radius 1 is 0.882 bits per heavy atom. The average molecular weight is 223 g/mol. The molecule has 0 fully saturated rings. The SMILES string of the molecule is NC(=O)C=Cc1ccc(-c2ccccc2)cc1. The van der Waals surface area contributed by atoms with Crippen molar-refractivity contribution < 1.29 is 4.79 Å². The number of hydrogen-bond donors (Lipinski definition) is 1. The molecular formula is C15H13NO. The van der Waals surface area contributed by atoms with Gasteiger partial charge in [0, 0.05) is 6.08 Å². The minimum atomic E-state index is -0.433. The Kier molecular flexibility index (Phi) is 3.36. The Bertz CT molecular complexity index is 527. The van der Waals surface area contributed by atoms with Crippen molar-refractivity contribution in [2.75, 3.05) is 0 Å². The Hall–Kier alpha value is -2.35. The van der Waals surface area contributed by atoms with Crippen molar-refractivity contribution in [3.8, 4) is 11.1 Å². The van der Waals surface area contributed by atoms with Crippen LogP contribution >= 0.6 is 0 Å². The first kappa shape index (κ1) is 11.1. The molecule has 2 nitrogen and oxygen atoms in total. The molecule has 0 aliphatic carbocycles. The standard InChI is InChI=1S/C15H13NO/c16-15(17)11-8-12-6-9-14(10-7-12)13-4-2-1-3-5-13/h1-11H,(H2,16,17). The minimum Gasteiger partial charge on any atom is -0.366 e. The van der Waals surface area contributed by atoms with Crippen molar-refractivity contribution in [3.63, 3.8) is 0 Å². The Morgan fingerprint density at radius 2 is 1.47 bits per heavy atom. The first-order valence-corrected chi connectivity index (χ1v) is 5.39. The Morgan fingerprint density at radius 3 is 2.06 bits per heavy atom. The predicted octanol–water partition coefficient (Wildman–Crippen LogP) is 2.85. The number of benzene rings is 2. The molecule has 2 aromatic carbocycles. The highest BCUT2D eigenvalue weighted by Gasteiger charge is 1.95. The summed E-state index contributed by atoms with van der Waals surface area (Å²) in [5, 5.41) is 0. The van der Waals surface area contributed by atoms with Crippen LogP contribution in [-0.2, 0) is 4.79 Å². The number of primary amides is 1. The van der Waals surface area contributed by atoms with Crippen molar-refractivity contribution >= 4 is 12.0 Å².